The van der Waals surface area contributed by atoms with Gasteiger partial charge >= 0.3 is 0 Å². The predicted octanol–water partition coefficient (Wildman–Crippen LogP) is 1.58. The van der Waals surface area contributed by atoms with Crippen LogP contribution in [0, 0.1) is 6.92 Å². The summed E-state index contributed by atoms with van der Waals surface area (Å²) in [5.41, 5.74) is 14.8. The number of aromatic nitrogens is 3. The minimum absolute atomic E-state index is 0.0776. The number of hydrogen-bond donors (Lipinski definition) is 4. The van der Waals surface area contributed by atoms with Crippen molar-refractivity contribution in [1.29, 1.82) is 0 Å². The Balaban J connectivity index is 1.46. The van der Waals surface area contributed by atoms with Gasteiger partial charge in [0.15, 0.2) is 21.3 Å². The SMILES string of the molecule is Cc1ccc(S(C)(=O)=O)cc1-c1cnc2c(N)nc(C(=O)NC3CC(c4ccco4)NN3)cn12. The Hall–Kier alpha value is -3.74. The smallest absolute Gasteiger partial charge is 0.272 e. The van der Waals surface area contributed by atoms with Crippen molar-refractivity contribution in [3.63, 3.8) is 0 Å². The lowest BCUT2D eigenvalue weighted by Crippen LogP contribution is -2.44. The Morgan fingerprint density at radius 3 is 2.85 bits per heavy atom. The molecule has 1 amide bonds. The summed E-state index contributed by atoms with van der Waals surface area (Å²) in [6.07, 6.45) is 6.11. The number of nitrogens with zero attached hydrogens (tertiary/aromatic N) is 3. The molecule has 0 radical (unpaired) electrons. The third kappa shape index (κ3) is 4.02. The molecule has 1 aliphatic heterocycles. The van der Waals surface area contributed by atoms with Crippen molar-refractivity contribution >= 4 is 27.2 Å². The number of nitrogens with one attached hydrogen (secondary N) is 3. The second kappa shape index (κ2) is 8.24. The lowest BCUT2D eigenvalue weighted by molar-refractivity contribution is 0.0926. The van der Waals surface area contributed by atoms with Crippen molar-refractivity contribution in [2.45, 2.75) is 30.4 Å². The fourth-order valence-corrected chi connectivity index (χ4v) is 4.63. The maximum absolute atomic E-state index is 13.0. The van der Waals surface area contributed by atoms with Crippen LogP contribution in [0.15, 0.2) is 58.3 Å². The number of nitrogen functional groups attached to an aromatic ring is 1. The highest BCUT2D eigenvalue weighted by Gasteiger charge is 2.28. The van der Waals surface area contributed by atoms with Crippen molar-refractivity contribution in [2.75, 3.05) is 12.0 Å². The van der Waals surface area contributed by atoms with Crippen LogP contribution in [0.3, 0.4) is 0 Å². The number of imidazole rings is 1. The molecule has 5 rings (SSSR count). The van der Waals surface area contributed by atoms with Crippen molar-refractivity contribution in [2.24, 2.45) is 0 Å². The van der Waals surface area contributed by atoms with Gasteiger partial charge in [0.2, 0.25) is 0 Å². The number of sulfone groups is 1. The molecule has 0 spiro atoms. The second-order valence-electron chi connectivity index (χ2n) is 8.22. The lowest BCUT2D eigenvalue weighted by Gasteiger charge is -2.13. The van der Waals surface area contributed by atoms with Gasteiger partial charge in [0.05, 0.1) is 35.3 Å². The molecule has 4 heterocycles. The Morgan fingerprint density at radius 2 is 2.12 bits per heavy atom. The van der Waals surface area contributed by atoms with Gasteiger partial charge in [-0.3, -0.25) is 9.20 Å². The maximum atomic E-state index is 13.0. The van der Waals surface area contributed by atoms with Crippen LogP contribution in [0.25, 0.3) is 16.9 Å². The number of hydrazine groups is 1. The molecule has 4 aromatic rings. The summed E-state index contributed by atoms with van der Waals surface area (Å²) in [6.45, 7) is 1.87. The Bertz CT molecular complexity index is 1500. The molecule has 3 aromatic heterocycles. The number of nitrogens with two attached hydrogens (primary N) is 1. The summed E-state index contributed by atoms with van der Waals surface area (Å²) in [5, 5.41) is 2.89. The van der Waals surface area contributed by atoms with E-state index in [1.54, 1.807) is 47.3 Å². The number of furan rings is 1. The number of aryl methyl sites for hydroxylation is 1. The second-order valence-corrected chi connectivity index (χ2v) is 10.2. The maximum Gasteiger partial charge on any atom is 0.272 e. The van der Waals surface area contributed by atoms with Crippen LogP contribution in [0.4, 0.5) is 5.82 Å². The monoisotopic (exact) mass is 481 g/mol. The Morgan fingerprint density at radius 1 is 1.29 bits per heavy atom. The summed E-state index contributed by atoms with van der Waals surface area (Å²) in [6, 6.07) is 8.48. The molecule has 0 bridgehead atoms. The van der Waals surface area contributed by atoms with Gasteiger partial charge in [-0.1, -0.05) is 6.07 Å². The summed E-state index contributed by atoms with van der Waals surface area (Å²) >= 11 is 0. The molecule has 5 N–H and O–H groups in total. The first kappa shape index (κ1) is 22.1. The lowest BCUT2D eigenvalue weighted by atomic mass is 10.1. The van der Waals surface area contributed by atoms with E-state index in [4.69, 9.17) is 10.2 Å². The summed E-state index contributed by atoms with van der Waals surface area (Å²) in [7, 11) is -3.40. The third-order valence-corrected chi connectivity index (χ3v) is 6.87. The van der Waals surface area contributed by atoms with E-state index in [9.17, 15) is 13.2 Å². The van der Waals surface area contributed by atoms with Crippen molar-refractivity contribution in [1.82, 2.24) is 30.5 Å². The van der Waals surface area contributed by atoms with Crippen molar-refractivity contribution in [3.8, 4) is 11.3 Å². The van der Waals surface area contributed by atoms with Crippen LogP contribution < -0.4 is 21.9 Å². The van der Waals surface area contributed by atoms with Crippen LogP contribution in [-0.4, -0.2) is 41.1 Å². The number of benzene rings is 1. The van der Waals surface area contributed by atoms with Crippen molar-refractivity contribution < 1.29 is 17.6 Å². The van der Waals surface area contributed by atoms with Crippen molar-refractivity contribution in [3.05, 3.63) is 66.0 Å². The third-order valence-electron chi connectivity index (χ3n) is 5.76. The molecule has 2 unspecified atom stereocenters. The van der Waals surface area contributed by atoms with Gasteiger partial charge in [0.25, 0.3) is 5.91 Å². The predicted molar refractivity (Wildman–Crippen MR) is 124 cm³/mol. The number of hydrogen-bond acceptors (Lipinski definition) is 9. The fraction of sp³-hybridized carbons (Fsp3) is 0.227. The average Bonchev–Trinajstić information content (AvgIpc) is 3.54. The van der Waals surface area contributed by atoms with Gasteiger partial charge in [0.1, 0.15) is 11.5 Å². The molecule has 12 heteroatoms. The van der Waals surface area contributed by atoms with Gasteiger partial charge in [-0.15, -0.1) is 0 Å². The molecule has 11 nitrogen and oxygen atoms in total. The van der Waals surface area contributed by atoms with Crippen LogP contribution in [-0.2, 0) is 9.84 Å². The fourth-order valence-electron chi connectivity index (χ4n) is 3.99. The van der Waals surface area contributed by atoms with E-state index in [-0.39, 0.29) is 28.6 Å². The molecule has 1 aromatic carbocycles. The molecular weight excluding hydrogens is 458 g/mol. The number of rotatable bonds is 5. The topological polar surface area (TPSA) is 157 Å². The molecule has 176 valence electrons. The minimum atomic E-state index is -3.40. The van der Waals surface area contributed by atoms with Gasteiger partial charge < -0.3 is 15.5 Å². The highest BCUT2D eigenvalue weighted by molar-refractivity contribution is 7.90. The van der Waals surface area contributed by atoms with Crippen LogP contribution in [0.1, 0.15) is 34.3 Å². The zero-order valence-corrected chi connectivity index (χ0v) is 19.3. The number of fused-ring (bicyclic) bond motifs is 1. The van der Waals surface area contributed by atoms with Gasteiger partial charge in [-0.2, -0.15) is 0 Å². The van der Waals surface area contributed by atoms with Gasteiger partial charge in [-0.05, 0) is 36.8 Å². The highest BCUT2D eigenvalue weighted by Crippen LogP contribution is 2.29. The molecule has 2 atom stereocenters. The first-order valence-corrected chi connectivity index (χ1v) is 12.4. The number of amides is 1. The minimum Gasteiger partial charge on any atom is -0.468 e. The van der Waals surface area contributed by atoms with Crippen LogP contribution in [0.5, 0.6) is 0 Å². The van der Waals surface area contributed by atoms with E-state index in [2.05, 4.69) is 26.1 Å². The van der Waals surface area contributed by atoms with Crippen LogP contribution >= 0.6 is 0 Å². The van der Waals surface area contributed by atoms with E-state index < -0.39 is 15.7 Å². The molecule has 0 aliphatic carbocycles. The normalized spacial score (nSPS) is 18.4. The molecule has 1 saturated heterocycles. The Labute approximate surface area is 195 Å². The zero-order valence-electron chi connectivity index (χ0n) is 18.4. The summed E-state index contributed by atoms with van der Waals surface area (Å²) in [5.74, 6) is 0.429. The van der Waals surface area contributed by atoms with E-state index in [0.29, 0.717) is 23.3 Å². The average molecular weight is 482 g/mol. The molecular formula is C22H23N7O4S. The number of carbonyl (C=O) groups excluding carboxylic acids is 1. The summed E-state index contributed by atoms with van der Waals surface area (Å²) < 4.78 is 31.2. The number of carbonyl (C=O) groups is 1. The molecule has 1 aliphatic rings. The van der Waals surface area contributed by atoms with E-state index >= 15 is 0 Å². The quantitative estimate of drug-likeness (QED) is 0.332. The first-order chi connectivity index (χ1) is 16.2. The zero-order chi connectivity index (χ0) is 24.0. The molecule has 1 fully saturated rings. The largest absolute Gasteiger partial charge is 0.468 e. The standard InChI is InChI=1S/C22H23N7O4S/c1-12-5-6-13(34(2,31)32)8-14(12)17-10-24-21-20(23)25-16(11-29(17)21)22(30)26-19-9-15(27-28-19)18-4-3-7-33-18/h3-8,10-11,15,19,27-28H,9H2,1-2H3,(H2,23,25)(H,26,30). The molecule has 0 saturated carbocycles. The van der Waals surface area contributed by atoms with Gasteiger partial charge in [0, 0.05) is 24.4 Å². The van der Waals surface area contributed by atoms with E-state index in [1.165, 1.54) is 0 Å². The molecule has 34 heavy (non-hydrogen) atoms. The van der Waals surface area contributed by atoms with E-state index in [1.807, 2.05) is 13.0 Å². The number of anilines is 1. The Kier molecular flexibility index (Phi) is 5.35. The summed E-state index contributed by atoms with van der Waals surface area (Å²) in [4.78, 5) is 21.7. The van der Waals surface area contributed by atoms with Crippen LogP contribution in [0.2, 0.25) is 0 Å². The first-order valence-electron chi connectivity index (χ1n) is 10.5. The van der Waals surface area contributed by atoms with E-state index in [0.717, 1.165) is 17.6 Å². The highest BCUT2D eigenvalue weighted by atomic mass is 32.2. The van der Waals surface area contributed by atoms with Gasteiger partial charge in [-0.25, -0.2) is 29.2 Å².